The van der Waals surface area contributed by atoms with Gasteiger partial charge in [0.05, 0.1) is 11.3 Å². The van der Waals surface area contributed by atoms with Crippen molar-refractivity contribution in [2.75, 3.05) is 43.4 Å². The first kappa shape index (κ1) is 25.5. The predicted octanol–water partition coefficient (Wildman–Crippen LogP) is 3.49. The van der Waals surface area contributed by atoms with E-state index < -0.39 is 21.8 Å². The Morgan fingerprint density at radius 3 is 2.26 bits per heavy atom. The van der Waals surface area contributed by atoms with E-state index >= 15 is 0 Å². The number of piperazine rings is 1. The van der Waals surface area contributed by atoms with Gasteiger partial charge in [-0.1, -0.05) is 32.8 Å². The zero-order chi connectivity index (χ0) is 23.1. The van der Waals surface area contributed by atoms with Crippen LogP contribution in [0.4, 0.5) is 18.9 Å². The van der Waals surface area contributed by atoms with Crippen molar-refractivity contribution >= 4 is 21.6 Å². The molecular weight excluding hydrogens is 431 g/mol. The molecule has 0 spiro atoms. The lowest BCUT2D eigenvalue weighted by Gasteiger charge is -2.35. The summed E-state index contributed by atoms with van der Waals surface area (Å²) in [7, 11) is -3.55. The van der Waals surface area contributed by atoms with Crippen LogP contribution in [0.5, 0.6) is 0 Å². The molecule has 1 aliphatic heterocycles. The molecule has 31 heavy (non-hydrogen) atoms. The summed E-state index contributed by atoms with van der Waals surface area (Å²) in [6.45, 7) is 5.09. The van der Waals surface area contributed by atoms with Crippen molar-refractivity contribution in [2.24, 2.45) is 5.92 Å². The minimum Gasteiger partial charge on any atom is -0.369 e. The highest BCUT2D eigenvalue weighted by molar-refractivity contribution is 7.89. The van der Waals surface area contributed by atoms with E-state index in [4.69, 9.17) is 0 Å². The van der Waals surface area contributed by atoms with Crippen LogP contribution >= 0.6 is 0 Å². The quantitative estimate of drug-likeness (QED) is 0.577. The molecule has 10 heteroatoms. The second-order valence-electron chi connectivity index (χ2n) is 7.82. The number of alkyl halides is 3. The van der Waals surface area contributed by atoms with E-state index in [0.29, 0.717) is 18.8 Å². The summed E-state index contributed by atoms with van der Waals surface area (Å²) in [5, 5.41) is 2.74. The van der Waals surface area contributed by atoms with Gasteiger partial charge in [-0.05, 0) is 31.0 Å². The Balaban J connectivity index is 1.87. The number of hydrogen-bond donors (Lipinski definition) is 1. The number of anilines is 1. The van der Waals surface area contributed by atoms with Crippen LogP contribution in [-0.2, 0) is 21.0 Å². The van der Waals surface area contributed by atoms with Crippen molar-refractivity contribution in [3.8, 4) is 0 Å². The summed E-state index contributed by atoms with van der Waals surface area (Å²) in [6.07, 6.45) is -1.06. The Morgan fingerprint density at radius 2 is 1.71 bits per heavy atom. The fraction of sp³-hybridized carbons (Fsp3) is 0.667. The van der Waals surface area contributed by atoms with E-state index in [1.807, 2.05) is 13.8 Å². The normalized spacial score (nSPS) is 16.0. The van der Waals surface area contributed by atoms with E-state index in [1.54, 1.807) is 11.0 Å². The largest absolute Gasteiger partial charge is 0.416 e. The minimum absolute atomic E-state index is 0.0545. The molecule has 0 aromatic heterocycles. The monoisotopic (exact) mass is 463 g/mol. The number of benzene rings is 1. The molecule has 1 amide bonds. The van der Waals surface area contributed by atoms with Crippen LogP contribution in [0.1, 0.15) is 45.1 Å². The topological polar surface area (TPSA) is 69.7 Å². The number of hydrogen-bond acceptors (Lipinski definition) is 4. The highest BCUT2D eigenvalue weighted by atomic mass is 32.2. The van der Waals surface area contributed by atoms with Gasteiger partial charge in [0.2, 0.25) is 15.9 Å². The molecule has 1 saturated heterocycles. The summed E-state index contributed by atoms with van der Waals surface area (Å²) >= 11 is 0. The number of carbonyl (C=O) groups is 1. The third kappa shape index (κ3) is 7.38. The molecule has 1 heterocycles. The van der Waals surface area contributed by atoms with Crippen LogP contribution in [0.25, 0.3) is 0 Å². The smallest absolute Gasteiger partial charge is 0.369 e. The van der Waals surface area contributed by atoms with Crippen LogP contribution in [-0.4, -0.2) is 57.1 Å². The lowest BCUT2D eigenvalue weighted by molar-refractivity contribution is -0.137. The van der Waals surface area contributed by atoms with Crippen molar-refractivity contribution < 1.29 is 26.4 Å². The standard InChI is InChI=1S/C21H32F3N3O3S/c1-3-6-17(7-4-2)20(28)25-10-15-31(29,30)27-13-11-26(12-14-27)19-9-5-8-18(16-19)21(22,23)24/h5,8-9,16-17H,3-4,6-7,10-15H2,1-2H3,(H,25,28). The Labute approximate surface area is 182 Å². The van der Waals surface area contributed by atoms with Gasteiger partial charge in [-0.25, -0.2) is 8.42 Å². The zero-order valence-electron chi connectivity index (χ0n) is 18.1. The molecule has 0 radical (unpaired) electrons. The molecule has 1 N–H and O–H groups in total. The molecule has 0 atom stereocenters. The van der Waals surface area contributed by atoms with Crippen molar-refractivity contribution in [1.82, 2.24) is 9.62 Å². The third-order valence-electron chi connectivity index (χ3n) is 5.47. The Hall–Kier alpha value is -1.81. The number of rotatable bonds is 10. The van der Waals surface area contributed by atoms with Gasteiger partial charge >= 0.3 is 6.18 Å². The first-order chi connectivity index (χ1) is 14.6. The summed E-state index contributed by atoms with van der Waals surface area (Å²) in [5.74, 6) is -0.380. The maximum absolute atomic E-state index is 12.9. The number of amides is 1. The van der Waals surface area contributed by atoms with Gasteiger partial charge in [-0.3, -0.25) is 4.79 Å². The predicted molar refractivity (Wildman–Crippen MR) is 115 cm³/mol. The van der Waals surface area contributed by atoms with Crippen molar-refractivity contribution in [3.63, 3.8) is 0 Å². The second kappa shape index (κ2) is 11.2. The maximum atomic E-state index is 12.9. The lowest BCUT2D eigenvalue weighted by Crippen LogP contribution is -2.50. The summed E-state index contributed by atoms with van der Waals surface area (Å²) in [5.41, 5.74) is -0.294. The number of sulfonamides is 1. The molecular formula is C21H32F3N3O3S. The van der Waals surface area contributed by atoms with Crippen molar-refractivity contribution in [1.29, 1.82) is 0 Å². The van der Waals surface area contributed by atoms with E-state index in [-0.39, 0.29) is 37.2 Å². The summed E-state index contributed by atoms with van der Waals surface area (Å²) in [4.78, 5) is 14.0. The van der Waals surface area contributed by atoms with Crippen molar-refractivity contribution in [3.05, 3.63) is 29.8 Å². The lowest BCUT2D eigenvalue weighted by atomic mass is 9.97. The molecule has 176 valence electrons. The fourth-order valence-electron chi connectivity index (χ4n) is 3.78. The van der Waals surface area contributed by atoms with E-state index in [0.717, 1.165) is 37.8 Å². The maximum Gasteiger partial charge on any atom is 0.416 e. The molecule has 0 aliphatic carbocycles. The van der Waals surface area contributed by atoms with Crippen molar-refractivity contribution in [2.45, 2.75) is 45.7 Å². The second-order valence-corrected chi connectivity index (χ2v) is 9.90. The van der Waals surface area contributed by atoms with Gasteiger partial charge in [0.25, 0.3) is 0 Å². The molecule has 1 aliphatic rings. The minimum atomic E-state index is -4.42. The van der Waals surface area contributed by atoms with Gasteiger partial charge in [-0.2, -0.15) is 17.5 Å². The first-order valence-corrected chi connectivity index (χ1v) is 12.4. The average Bonchev–Trinajstić information content (AvgIpc) is 2.73. The highest BCUT2D eigenvalue weighted by Crippen LogP contribution is 2.32. The van der Waals surface area contributed by atoms with Crippen LogP contribution < -0.4 is 10.2 Å². The summed E-state index contributed by atoms with van der Waals surface area (Å²) < 4.78 is 65.4. The molecule has 0 unspecified atom stereocenters. The molecule has 1 aromatic rings. The van der Waals surface area contributed by atoms with Crippen LogP contribution in [0, 0.1) is 5.92 Å². The number of nitrogens with one attached hydrogen (secondary N) is 1. The first-order valence-electron chi connectivity index (χ1n) is 10.8. The molecule has 6 nitrogen and oxygen atoms in total. The molecule has 0 bridgehead atoms. The highest BCUT2D eigenvalue weighted by Gasteiger charge is 2.32. The Bertz CT molecular complexity index is 817. The SMILES string of the molecule is CCCC(CCC)C(=O)NCCS(=O)(=O)N1CCN(c2cccc(C(F)(F)F)c2)CC1. The molecule has 1 aromatic carbocycles. The molecule has 2 rings (SSSR count). The van der Waals surface area contributed by atoms with E-state index in [2.05, 4.69) is 5.32 Å². The third-order valence-corrected chi connectivity index (χ3v) is 7.35. The van der Waals surface area contributed by atoms with Gasteiger partial charge < -0.3 is 10.2 Å². The Kier molecular flexibility index (Phi) is 9.17. The number of nitrogens with zero attached hydrogens (tertiary/aromatic N) is 2. The zero-order valence-corrected chi connectivity index (χ0v) is 18.9. The van der Waals surface area contributed by atoms with Gasteiger partial charge in [0, 0.05) is 44.3 Å². The average molecular weight is 464 g/mol. The molecule has 1 fully saturated rings. The van der Waals surface area contributed by atoms with Crippen LogP contribution in [0.3, 0.4) is 0 Å². The number of halogens is 3. The fourth-order valence-corrected chi connectivity index (χ4v) is 5.12. The van der Waals surface area contributed by atoms with E-state index in [9.17, 15) is 26.4 Å². The van der Waals surface area contributed by atoms with Gasteiger partial charge in [0.1, 0.15) is 0 Å². The molecule has 0 saturated carbocycles. The van der Waals surface area contributed by atoms with Crippen LogP contribution in [0.15, 0.2) is 24.3 Å². The Morgan fingerprint density at radius 1 is 1.10 bits per heavy atom. The van der Waals surface area contributed by atoms with Crippen LogP contribution in [0.2, 0.25) is 0 Å². The van der Waals surface area contributed by atoms with E-state index in [1.165, 1.54) is 10.4 Å². The number of carbonyl (C=O) groups excluding carboxylic acids is 1. The summed E-state index contributed by atoms with van der Waals surface area (Å²) in [6, 6.07) is 5.05. The van der Waals surface area contributed by atoms with Gasteiger partial charge in [-0.15, -0.1) is 0 Å². The van der Waals surface area contributed by atoms with Gasteiger partial charge in [0.15, 0.2) is 0 Å².